The Hall–Kier alpha value is -2.05. The van der Waals surface area contributed by atoms with Crippen LogP contribution in [0.15, 0.2) is 21.4 Å². The summed E-state index contributed by atoms with van der Waals surface area (Å²) in [7, 11) is 1.57. The quantitative estimate of drug-likeness (QED) is 0.230. The molecule has 0 aromatic carbocycles. The van der Waals surface area contributed by atoms with Crippen molar-refractivity contribution in [1.82, 2.24) is 0 Å². The number of nitrogens with two attached hydrogens (primary N) is 2. The Labute approximate surface area is 92.5 Å². The molecule has 0 saturated heterocycles. The van der Waals surface area contributed by atoms with E-state index in [2.05, 4.69) is 25.8 Å². The Balaban J connectivity index is 5.03. The lowest BCUT2D eigenvalue weighted by Gasteiger charge is -2.08. The van der Waals surface area contributed by atoms with Crippen molar-refractivity contribution in [3.05, 3.63) is 21.7 Å². The van der Waals surface area contributed by atoms with Crippen LogP contribution in [-0.2, 0) is 9.63 Å². The van der Waals surface area contributed by atoms with E-state index in [9.17, 15) is 4.79 Å². The van der Waals surface area contributed by atoms with E-state index >= 15 is 0 Å². The van der Waals surface area contributed by atoms with Crippen molar-refractivity contribution in [2.24, 2.45) is 21.7 Å². The molecular weight excluding hydrogens is 212 g/mol. The molecule has 0 atom stereocenters. The number of hydrogen-bond acceptors (Lipinski definition) is 6. The first-order valence-electron chi connectivity index (χ1n) is 4.38. The maximum absolute atomic E-state index is 10.9. The van der Waals surface area contributed by atoms with E-state index in [-0.39, 0.29) is 18.7 Å². The second kappa shape index (κ2) is 7.27. The molecule has 0 saturated carbocycles. The Morgan fingerprint density at radius 3 is 2.62 bits per heavy atom. The highest BCUT2D eigenvalue weighted by molar-refractivity contribution is 5.99. The molecule has 0 heterocycles. The van der Waals surface area contributed by atoms with Gasteiger partial charge in [-0.1, -0.05) is 5.11 Å². The summed E-state index contributed by atoms with van der Waals surface area (Å²) in [4.78, 5) is 21.4. The van der Waals surface area contributed by atoms with Gasteiger partial charge in [-0.2, -0.15) is 5.90 Å². The molecule has 0 radical (unpaired) electrons. The van der Waals surface area contributed by atoms with Crippen LogP contribution in [0, 0.1) is 0 Å². The minimum absolute atomic E-state index is 0.0311. The zero-order valence-electron chi connectivity index (χ0n) is 9.17. The maximum Gasteiger partial charge on any atom is 0.330 e. The van der Waals surface area contributed by atoms with Gasteiger partial charge in [-0.25, -0.2) is 4.79 Å². The Kier molecular flexibility index (Phi) is 6.34. The number of carbonyl (C=O) groups excluding carboxylic acids is 1. The number of hydrogen-bond donors (Lipinski definition) is 2. The lowest BCUT2D eigenvalue weighted by molar-refractivity contribution is -0.143. The zero-order valence-corrected chi connectivity index (χ0v) is 9.17. The van der Waals surface area contributed by atoms with Gasteiger partial charge in [-0.15, -0.1) is 0 Å². The highest BCUT2D eigenvalue weighted by atomic mass is 16.7. The number of azide groups is 1. The maximum atomic E-state index is 10.9. The molecule has 0 fully saturated rings. The second-order valence-electron chi connectivity index (χ2n) is 2.87. The summed E-state index contributed by atoms with van der Waals surface area (Å²) in [5, 5.41) is 3.37. The predicted molar refractivity (Wildman–Crippen MR) is 59.2 cm³/mol. The first-order valence-corrected chi connectivity index (χ1v) is 4.38. The van der Waals surface area contributed by atoms with Crippen molar-refractivity contribution in [2.75, 3.05) is 13.6 Å². The van der Waals surface area contributed by atoms with Crippen LogP contribution in [0.2, 0.25) is 0 Å². The average Bonchev–Trinajstić information content (AvgIpc) is 2.28. The lowest BCUT2D eigenvalue weighted by atomic mass is 10.1. The summed E-state index contributed by atoms with van der Waals surface area (Å²) in [6.07, 6.45) is -0.167. The number of carbonyl (C=O) groups is 1. The van der Waals surface area contributed by atoms with Gasteiger partial charge >= 0.3 is 5.97 Å². The van der Waals surface area contributed by atoms with E-state index in [0.717, 1.165) is 0 Å². The van der Waals surface area contributed by atoms with Crippen LogP contribution in [0.4, 0.5) is 0 Å². The van der Waals surface area contributed by atoms with Gasteiger partial charge in [-0.3, -0.25) is 4.99 Å². The minimum atomic E-state index is -0.667. The van der Waals surface area contributed by atoms with E-state index in [1.807, 2.05) is 0 Å². The summed E-state index contributed by atoms with van der Waals surface area (Å²) in [5.41, 5.74) is 15.2. The van der Waals surface area contributed by atoms with Crippen LogP contribution in [0.25, 0.3) is 10.4 Å². The van der Waals surface area contributed by atoms with Gasteiger partial charge in [0.15, 0.2) is 0 Å². The molecule has 0 aliphatic carbocycles. The van der Waals surface area contributed by atoms with Gasteiger partial charge in [0, 0.05) is 23.4 Å². The lowest BCUT2D eigenvalue weighted by Crippen LogP contribution is -2.18. The smallest absolute Gasteiger partial charge is 0.330 e. The van der Waals surface area contributed by atoms with Crippen LogP contribution in [0.3, 0.4) is 0 Å². The molecule has 0 aliphatic heterocycles. The third-order valence-corrected chi connectivity index (χ3v) is 1.92. The molecule has 0 bridgehead atoms. The molecule has 16 heavy (non-hydrogen) atoms. The molecule has 0 spiro atoms. The normalized spacial score (nSPS) is 12.6. The van der Waals surface area contributed by atoms with E-state index in [1.165, 1.54) is 0 Å². The van der Waals surface area contributed by atoms with Crippen molar-refractivity contribution < 1.29 is 9.63 Å². The highest BCUT2D eigenvalue weighted by Gasteiger charge is 2.10. The van der Waals surface area contributed by atoms with Crippen molar-refractivity contribution in [2.45, 2.75) is 13.3 Å². The van der Waals surface area contributed by atoms with E-state index in [4.69, 9.17) is 11.3 Å². The van der Waals surface area contributed by atoms with Crippen molar-refractivity contribution in [3.63, 3.8) is 0 Å². The molecule has 8 nitrogen and oxygen atoms in total. The Morgan fingerprint density at radius 1 is 1.56 bits per heavy atom. The standard InChI is InChI=1S/C8H14N6O2/c1-5(12-2)6(4-13-14-10)7(9)3-8(15)16-11/h3-4,9,11H2,1-2H3. The fourth-order valence-corrected chi connectivity index (χ4v) is 0.989. The number of nitrogens with zero attached hydrogens (tertiary/aromatic N) is 4. The van der Waals surface area contributed by atoms with Gasteiger partial charge in [0.25, 0.3) is 0 Å². The molecule has 0 rings (SSSR count). The first kappa shape index (κ1) is 13.9. The second-order valence-corrected chi connectivity index (χ2v) is 2.87. The largest absolute Gasteiger partial charge is 0.401 e. The van der Waals surface area contributed by atoms with E-state index in [1.54, 1.807) is 14.0 Å². The van der Waals surface area contributed by atoms with Crippen molar-refractivity contribution in [1.29, 1.82) is 0 Å². The average molecular weight is 226 g/mol. The third-order valence-electron chi connectivity index (χ3n) is 1.92. The monoisotopic (exact) mass is 226 g/mol. The van der Waals surface area contributed by atoms with Gasteiger partial charge in [0.2, 0.25) is 0 Å². The number of aliphatic imine (C=N–C) groups is 1. The molecule has 0 unspecified atom stereocenters. The molecule has 0 aromatic heterocycles. The SMILES string of the molecule is CN=C(C)C(CN=[N+]=[N-])=C(N)CC(=O)ON. The molecule has 8 heteroatoms. The summed E-state index contributed by atoms with van der Waals surface area (Å²) in [6.45, 7) is 1.73. The molecular formula is C8H14N6O2. The van der Waals surface area contributed by atoms with Gasteiger partial charge in [-0.05, 0) is 18.0 Å². The molecule has 0 amide bonds. The first-order chi connectivity index (χ1) is 7.56. The van der Waals surface area contributed by atoms with Crippen LogP contribution in [-0.4, -0.2) is 25.3 Å². The zero-order chi connectivity index (χ0) is 12.6. The summed E-state index contributed by atoms with van der Waals surface area (Å²) >= 11 is 0. The molecule has 0 aromatic rings. The van der Waals surface area contributed by atoms with Gasteiger partial charge in [0.1, 0.15) is 0 Å². The highest BCUT2D eigenvalue weighted by Crippen LogP contribution is 2.07. The van der Waals surface area contributed by atoms with E-state index < -0.39 is 5.97 Å². The summed E-state index contributed by atoms with van der Waals surface area (Å²) in [5.74, 6) is 4.02. The fourth-order valence-electron chi connectivity index (χ4n) is 0.989. The third kappa shape index (κ3) is 4.45. The van der Waals surface area contributed by atoms with E-state index in [0.29, 0.717) is 11.3 Å². The van der Waals surface area contributed by atoms with Gasteiger partial charge in [0.05, 0.1) is 13.0 Å². The topological polar surface area (TPSA) is 139 Å². The molecule has 4 N–H and O–H groups in total. The van der Waals surface area contributed by atoms with Crippen molar-refractivity contribution in [3.8, 4) is 0 Å². The molecule has 88 valence electrons. The van der Waals surface area contributed by atoms with Crippen LogP contribution >= 0.6 is 0 Å². The Morgan fingerprint density at radius 2 is 2.19 bits per heavy atom. The predicted octanol–water partition coefficient (Wildman–Crippen LogP) is 0.407. The summed E-state index contributed by atoms with van der Waals surface area (Å²) in [6, 6.07) is 0. The Bertz CT molecular complexity index is 367. The van der Waals surface area contributed by atoms with Crippen LogP contribution in [0.1, 0.15) is 13.3 Å². The fraction of sp³-hybridized carbons (Fsp3) is 0.500. The van der Waals surface area contributed by atoms with Crippen molar-refractivity contribution >= 4 is 11.7 Å². The van der Waals surface area contributed by atoms with Crippen LogP contribution < -0.4 is 11.6 Å². The molecule has 0 aliphatic rings. The van der Waals surface area contributed by atoms with Gasteiger partial charge < -0.3 is 10.6 Å². The minimum Gasteiger partial charge on any atom is -0.401 e. The van der Waals surface area contributed by atoms with Crippen LogP contribution in [0.5, 0.6) is 0 Å². The summed E-state index contributed by atoms with van der Waals surface area (Å²) < 4.78 is 0. The number of rotatable bonds is 5.